The number of hydrogen-bond acceptors (Lipinski definition) is 4. The molecule has 0 bridgehead atoms. The fourth-order valence-corrected chi connectivity index (χ4v) is 13.0. The van der Waals surface area contributed by atoms with Gasteiger partial charge in [-0.2, -0.15) is 11.3 Å². The van der Waals surface area contributed by atoms with Gasteiger partial charge in [0.1, 0.15) is 0 Å². The fourth-order valence-electron chi connectivity index (χ4n) is 10.5. The van der Waals surface area contributed by atoms with Crippen molar-refractivity contribution in [1.82, 2.24) is 0 Å². The molecule has 0 saturated heterocycles. The van der Waals surface area contributed by atoms with E-state index in [0.717, 1.165) is 25.7 Å². The van der Waals surface area contributed by atoms with E-state index in [9.17, 15) is 0 Å². The van der Waals surface area contributed by atoms with Crippen LogP contribution in [-0.4, -0.2) is 6.71 Å². The summed E-state index contributed by atoms with van der Waals surface area (Å²) >= 11 is 3.96. The van der Waals surface area contributed by atoms with Gasteiger partial charge in [0.25, 0.3) is 6.71 Å². The van der Waals surface area contributed by atoms with Crippen molar-refractivity contribution in [1.29, 1.82) is 0 Å². The third-order valence-electron chi connectivity index (χ3n) is 13.5. The monoisotopic (exact) mass is 800 g/mol. The average Bonchev–Trinajstić information content (AvgIpc) is 3.93. The molecular formula is C54H49BN2S2. The van der Waals surface area contributed by atoms with Crippen LogP contribution >= 0.6 is 22.7 Å². The van der Waals surface area contributed by atoms with Gasteiger partial charge in [0.15, 0.2) is 0 Å². The molecule has 0 saturated carbocycles. The van der Waals surface area contributed by atoms with E-state index in [0.29, 0.717) is 0 Å². The molecule has 2 aliphatic heterocycles. The van der Waals surface area contributed by atoms with Crippen LogP contribution in [0.15, 0.2) is 121 Å². The van der Waals surface area contributed by atoms with E-state index in [2.05, 4.69) is 179 Å². The molecule has 5 heteroatoms. The third-order valence-corrected chi connectivity index (χ3v) is 16.0. The molecule has 2 nitrogen and oxygen atoms in total. The molecule has 290 valence electrons. The molecule has 0 fully saturated rings. The van der Waals surface area contributed by atoms with Crippen LogP contribution in [0, 0.1) is 6.92 Å². The third kappa shape index (κ3) is 5.37. The fraction of sp³-hybridized carbons (Fsp3) is 0.222. The van der Waals surface area contributed by atoms with Crippen LogP contribution in [0.4, 0.5) is 34.1 Å². The minimum absolute atomic E-state index is 0.0459. The van der Waals surface area contributed by atoms with Gasteiger partial charge in [-0.05, 0) is 137 Å². The van der Waals surface area contributed by atoms with Crippen LogP contribution < -0.4 is 25.5 Å². The molecule has 0 N–H and O–H groups in total. The van der Waals surface area contributed by atoms with E-state index < -0.39 is 0 Å². The lowest BCUT2D eigenvalue weighted by molar-refractivity contribution is 0.674. The Hall–Kier alpha value is -5.36. The van der Waals surface area contributed by atoms with Gasteiger partial charge in [-0.25, -0.2) is 0 Å². The van der Waals surface area contributed by atoms with Gasteiger partial charge in [-0.15, -0.1) is 11.3 Å². The number of hydrogen-bond donors (Lipinski definition) is 0. The van der Waals surface area contributed by atoms with Crippen molar-refractivity contribution in [2.75, 3.05) is 9.80 Å². The zero-order valence-corrected chi connectivity index (χ0v) is 36.8. The topological polar surface area (TPSA) is 6.48 Å². The summed E-state index contributed by atoms with van der Waals surface area (Å²) in [5.41, 5.74) is 24.2. The van der Waals surface area contributed by atoms with Crippen LogP contribution in [-0.2, 0) is 31.1 Å². The number of aryl methyl sites for hydroxylation is 5. The zero-order valence-electron chi connectivity index (χ0n) is 35.2. The van der Waals surface area contributed by atoms with E-state index in [1.165, 1.54) is 120 Å². The summed E-state index contributed by atoms with van der Waals surface area (Å²) in [6.07, 6.45) is 4.01. The number of fused-ring (bicyclic) bond motifs is 9. The molecule has 3 aliphatic rings. The predicted molar refractivity (Wildman–Crippen MR) is 259 cm³/mol. The van der Waals surface area contributed by atoms with Gasteiger partial charge >= 0.3 is 0 Å². The molecule has 4 heterocycles. The quantitative estimate of drug-likeness (QED) is 0.148. The summed E-state index contributed by atoms with van der Waals surface area (Å²) in [5.74, 6) is 0. The maximum Gasteiger partial charge on any atom is 0.264 e. The number of nitrogens with zero attached hydrogens (tertiary/aromatic N) is 2. The summed E-state index contributed by atoms with van der Waals surface area (Å²) in [7, 11) is 0. The normalized spacial score (nSPS) is 14.3. The Morgan fingerprint density at radius 2 is 1.20 bits per heavy atom. The first-order chi connectivity index (χ1) is 28.7. The number of anilines is 6. The van der Waals surface area contributed by atoms with Crippen molar-refractivity contribution < 1.29 is 0 Å². The summed E-state index contributed by atoms with van der Waals surface area (Å²) in [6, 6.07) is 45.0. The molecule has 0 amide bonds. The van der Waals surface area contributed by atoms with E-state index in [1.807, 2.05) is 22.7 Å². The Bertz CT molecular complexity index is 2960. The highest BCUT2D eigenvalue weighted by molar-refractivity contribution is 7.28. The van der Waals surface area contributed by atoms with Crippen LogP contribution in [0.5, 0.6) is 0 Å². The minimum Gasteiger partial charge on any atom is -0.311 e. The smallest absolute Gasteiger partial charge is 0.264 e. The van der Waals surface area contributed by atoms with Gasteiger partial charge in [0.2, 0.25) is 0 Å². The highest BCUT2D eigenvalue weighted by Crippen LogP contribution is 2.57. The Morgan fingerprint density at radius 1 is 0.610 bits per heavy atom. The molecule has 59 heavy (non-hydrogen) atoms. The molecule has 2 aromatic heterocycles. The first-order valence-electron chi connectivity index (χ1n) is 21.6. The summed E-state index contributed by atoms with van der Waals surface area (Å²) in [5, 5.41) is 3.82. The number of thiophene rings is 2. The molecule has 0 atom stereocenters. The summed E-state index contributed by atoms with van der Waals surface area (Å²) in [6.45, 7) is 16.4. The van der Waals surface area contributed by atoms with E-state index in [1.54, 1.807) is 0 Å². The van der Waals surface area contributed by atoms with Crippen LogP contribution in [0.1, 0.15) is 79.8 Å². The molecule has 0 spiro atoms. The Kier molecular flexibility index (Phi) is 8.45. The van der Waals surface area contributed by atoms with Crippen LogP contribution in [0.25, 0.3) is 32.3 Å². The van der Waals surface area contributed by atoms with Gasteiger partial charge in [0, 0.05) is 70.1 Å². The van der Waals surface area contributed by atoms with Crippen molar-refractivity contribution in [3.8, 4) is 22.3 Å². The zero-order chi connectivity index (χ0) is 40.3. The van der Waals surface area contributed by atoms with Crippen molar-refractivity contribution >= 4 is 89.3 Å². The first kappa shape index (κ1) is 36.7. The second-order valence-corrected chi connectivity index (χ2v) is 19.3. The summed E-state index contributed by atoms with van der Waals surface area (Å²) in [4.78, 5) is 6.79. The molecule has 0 radical (unpaired) electrons. The van der Waals surface area contributed by atoms with Crippen molar-refractivity contribution in [2.24, 2.45) is 0 Å². The lowest BCUT2D eigenvalue weighted by Crippen LogP contribution is -2.60. The van der Waals surface area contributed by atoms with Crippen molar-refractivity contribution in [3.05, 3.63) is 159 Å². The molecule has 1 aliphatic carbocycles. The lowest BCUT2D eigenvalue weighted by atomic mass is 9.36. The molecule has 6 aromatic carbocycles. The van der Waals surface area contributed by atoms with Crippen LogP contribution in [0.2, 0.25) is 0 Å². The minimum atomic E-state index is -0.0459. The lowest BCUT2D eigenvalue weighted by Gasteiger charge is -2.44. The van der Waals surface area contributed by atoms with Crippen molar-refractivity contribution in [2.45, 2.75) is 79.6 Å². The largest absolute Gasteiger partial charge is 0.311 e. The average molecular weight is 801 g/mol. The second-order valence-electron chi connectivity index (χ2n) is 17.4. The van der Waals surface area contributed by atoms with E-state index in [4.69, 9.17) is 0 Å². The van der Waals surface area contributed by atoms with Gasteiger partial charge in [-0.3, -0.25) is 0 Å². The predicted octanol–water partition coefficient (Wildman–Crippen LogP) is 13.6. The van der Waals surface area contributed by atoms with E-state index >= 15 is 0 Å². The molecule has 0 unspecified atom stereocenters. The highest BCUT2D eigenvalue weighted by atomic mass is 32.1. The van der Waals surface area contributed by atoms with Gasteiger partial charge < -0.3 is 9.80 Å². The standard InChI is InChI=1S/C54H49BN2S2/c1-8-33-23-34(9-2)26-38(25-33)56-45-29-41-48(59-52-49(41)40-19-15-16-20-43(40)54(52,6)7)30-44(45)55-50-46(56)21-32(5)22-47(50)57(39-27-35(10-3)24-36(11-4)28-39)51-42(31-58-53(51)55)37-17-13-12-14-18-37/h12-31H,8-11H2,1-7H3. The van der Waals surface area contributed by atoms with Gasteiger partial charge in [0.05, 0.1) is 5.69 Å². The van der Waals surface area contributed by atoms with Crippen molar-refractivity contribution in [3.63, 3.8) is 0 Å². The maximum absolute atomic E-state index is 2.65. The first-order valence-corrected chi connectivity index (χ1v) is 23.3. The van der Waals surface area contributed by atoms with E-state index in [-0.39, 0.29) is 12.1 Å². The number of rotatable bonds is 7. The SMILES string of the molecule is CCc1cc(CC)cc(N2c3cc4c5c(sc4cc3B3c4scc(-c6ccccc6)c4N(c4cc(CC)cc(CC)c4)c4cc(C)cc2c43)C(C)(C)c2ccccc2-5)c1. The summed E-state index contributed by atoms with van der Waals surface area (Å²) < 4.78 is 2.81. The Balaban J connectivity index is 1.27. The molecule has 8 aromatic rings. The number of benzene rings is 6. The maximum atomic E-state index is 2.65. The molecular weight excluding hydrogens is 752 g/mol. The highest BCUT2D eigenvalue weighted by Gasteiger charge is 2.47. The Labute approximate surface area is 357 Å². The van der Waals surface area contributed by atoms with Gasteiger partial charge in [-0.1, -0.05) is 108 Å². The Morgan fingerprint density at radius 3 is 1.85 bits per heavy atom. The molecule has 11 rings (SSSR count). The van der Waals surface area contributed by atoms with Crippen LogP contribution in [0.3, 0.4) is 0 Å². The second kappa shape index (κ2) is 13.6.